The van der Waals surface area contributed by atoms with Gasteiger partial charge in [0.1, 0.15) is 0 Å². The van der Waals surface area contributed by atoms with Crippen molar-refractivity contribution in [3.05, 3.63) is 0 Å². The largest absolute Gasteiger partial charge is 0.381 e. The van der Waals surface area contributed by atoms with Crippen molar-refractivity contribution in [3.63, 3.8) is 0 Å². The van der Waals surface area contributed by atoms with Crippen molar-refractivity contribution in [1.29, 1.82) is 0 Å². The lowest BCUT2D eigenvalue weighted by molar-refractivity contribution is -0.147. The Balaban J connectivity index is 1.63. The van der Waals surface area contributed by atoms with Gasteiger partial charge in [-0.2, -0.15) is 4.31 Å². The Morgan fingerprint density at radius 1 is 0.929 bits per heavy atom. The number of nitrogens with zero attached hydrogens (tertiary/aromatic N) is 3. The molecule has 0 spiro atoms. The first-order chi connectivity index (χ1) is 13.5. The molecule has 0 unspecified atom stereocenters. The smallest absolute Gasteiger partial charge is 0.229 e. The van der Waals surface area contributed by atoms with E-state index in [1.54, 1.807) is 4.31 Å². The van der Waals surface area contributed by atoms with Crippen LogP contribution in [-0.4, -0.2) is 105 Å². The van der Waals surface area contributed by atoms with Crippen LogP contribution in [0.3, 0.4) is 0 Å². The highest BCUT2D eigenvalue weighted by atomic mass is 32.2. The number of sulfonamides is 1. The van der Waals surface area contributed by atoms with Crippen LogP contribution < -0.4 is 0 Å². The van der Waals surface area contributed by atoms with Crippen molar-refractivity contribution < 1.29 is 27.5 Å². The summed E-state index contributed by atoms with van der Waals surface area (Å²) in [6, 6.07) is -0.0902. The molecule has 3 rings (SSSR count). The van der Waals surface area contributed by atoms with Crippen LogP contribution in [0.4, 0.5) is 0 Å². The minimum absolute atomic E-state index is 0.0583. The lowest BCUT2D eigenvalue weighted by Gasteiger charge is -2.36. The van der Waals surface area contributed by atoms with E-state index in [4.69, 9.17) is 9.47 Å². The van der Waals surface area contributed by atoms with Gasteiger partial charge in [0.25, 0.3) is 0 Å². The van der Waals surface area contributed by atoms with E-state index in [0.717, 1.165) is 18.0 Å². The Labute approximate surface area is 167 Å². The molecule has 10 heteroatoms. The minimum Gasteiger partial charge on any atom is -0.381 e. The number of hydrogen-bond acceptors (Lipinski definition) is 7. The Morgan fingerprint density at radius 3 is 2.18 bits per heavy atom. The zero-order chi connectivity index (χ0) is 20.0. The average Bonchev–Trinajstić information content (AvgIpc) is 2.69. The number of carbonyl (C=O) groups excluding carboxylic acids is 2. The molecule has 3 aliphatic heterocycles. The maximum atomic E-state index is 13.2. The number of carbonyl (C=O) groups is 2. The first-order valence-electron chi connectivity index (χ1n) is 10.2. The third-order valence-electron chi connectivity index (χ3n) is 5.65. The number of imide groups is 1. The van der Waals surface area contributed by atoms with E-state index in [1.807, 2.05) is 0 Å². The van der Waals surface area contributed by atoms with E-state index in [9.17, 15) is 18.0 Å². The van der Waals surface area contributed by atoms with Gasteiger partial charge in [-0.3, -0.25) is 19.4 Å². The first kappa shape index (κ1) is 21.6. The average molecular weight is 418 g/mol. The molecule has 0 atom stereocenters. The predicted molar refractivity (Wildman–Crippen MR) is 102 cm³/mol. The second kappa shape index (κ2) is 10.1. The number of rotatable bonds is 8. The summed E-state index contributed by atoms with van der Waals surface area (Å²) in [5, 5.41) is 0. The Hall–Kier alpha value is -1.07. The molecule has 0 aromatic carbocycles. The van der Waals surface area contributed by atoms with Crippen LogP contribution in [0, 0.1) is 0 Å². The fourth-order valence-corrected chi connectivity index (χ4v) is 5.63. The molecule has 3 aliphatic rings. The third kappa shape index (κ3) is 5.73. The van der Waals surface area contributed by atoms with Crippen LogP contribution in [0.2, 0.25) is 0 Å². The fraction of sp³-hybridized carbons (Fsp3) is 0.889. The molecule has 3 saturated heterocycles. The molecule has 2 amide bonds. The van der Waals surface area contributed by atoms with Crippen LogP contribution in [0.25, 0.3) is 0 Å². The second-order valence-electron chi connectivity index (χ2n) is 7.52. The summed E-state index contributed by atoms with van der Waals surface area (Å²) < 4.78 is 38.6. The van der Waals surface area contributed by atoms with Crippen LogP contribution in [0.1, 0.15) is 32.1 Å². The zero-order valence-corrected chi connectivity index (χ0v) is 17.2. The number of ether oxygens (including phenoxy) is 2. The summed E-state index contributed by atoms with van der Waals surface area (Å²) in [6.45, 7) is 5.06. The van der Waals surface area contributed by atoms with Crippen LogP contribution in [-0.2, 0) is 29.1 Å². The van der Waals surface area contributed by atoms with Crippen molar-refractivity contribution in [2.45, 2.75) is 38.1 Å². The molecule has 0 bridgehead atoms. The molecule has 9 nitrogen and oxygen atoms in total. The number of morpholine rings is 1. The van der Waals surface area contributed by atoms with Crippen LogP contribution in [0.5, 0.6) is 0 Å². The van der Waals surface area contributed by atoms with Crippen LogP contribution >= 0.6 is 0 Å². The number of hydrogen-bond donors (Lipinski definition) is 0. The summed E-state index contributed by atoms with van der Waals surface area (Å²) in [6.07, 6.45) is 2.52. The molecular weight excluding hydrogens is 386 g/mol. The Kier molecular flexibility index (Phi) is 7.81. The topological polar surface area (TPSA) is 96.5 Å². The Morgan fingerprint density at radius 2 is 1.54 bits per heavy atom. The molecule has 0 N–H and O–H groups in total. The SMILES string of the molecule is O=C1CCCC(=O)N1CCS(=O)(=O)N(CCN1CCOCC1)C1CCOCC1. The highest BCUT2D eigenvalue weighted by molar-refractivity contribution is 7.89. The maximum Gasteiger partial charge on any atom is 0.229 e. The molecular formula is C18H31N3O6S. The molecule has 0 aromatic heterocycles. The van der Waals surface area contributed by atoms with Gasteiger partial charge in [-0.25, -0.2) is 8.42 Å². The van der Waals surface area contributed by atoms with E-state index in [-0.39, 0.29) is 30.2 Å². The van der Waals surface area contributed by atoms with Gasteiger partial charge in [-0.1, -0.05) is 0 Å². The molecule has 3 heterocycles. The maximum absolute atomic E-state index is 13.2. The molecule has 160 valence electrons. The van der Waals surface area contributed by atoms with Gasteiger partial charge in [-0.15, -0.1) is 0 Å². The van der Waals surface area contributed by atoms with Crippen molar-refractivity contribution in [1.82, 2.24) is 14.1 Å². The lowest BCUT2D eigenvalue weighted by atomic mass is 10.1. The minimum atomic E-state index is -3.60. The normalized spacial score (nSPS) is 23.5. The van der Waals surface area contributed by atoms with Crippen molar-refractivity contribution >= 4 is 21.8 Å². The third-order valence-corrected chi connectivity index (χ3v) is 7.55. The summed E-state index contributed by atoms with van der Waals surface area (Å²) in [4.78, 5) is 27.3. The Bertz CT molecular complexity index is 628. The van der Waals surface area contributed by atoms with Gasteiger partial charge in [0, 0.05) is 64.8 Å². The van der Waals surface area contributed by atoms with Crippen molar-refractivity contribution in [2.75, 3.05) is 64.9 Å². The first-order valence-corrected chi connectivity index (χ1v) is 11.8. The number of amides is 2. The molecule has 0 saturated carbocycles. The van der Waals surface area contributed by atoms with E-state index in [0.29, 0.717) is 71.6 Å². The van der Waals surface area contributed by atoms with Gasteiger partial charge in [0.2, 0.25) is 21.8 Å². The predicted octanol–water partition coefficient (Wildman–Crippen LogP) is -0.331. The van der Waals surface area contributed by atoms with Gasteiger partial charge in [-0.05, 0) is 19.3 Å². The van der Waals surface area contributed by atoms with Gasteiger partial charge in [0.05, 0.1) is 19.0 Å². The molecule has 0 aromatic rings. The quantitative estimate of drug-likeness (QED) is 0.499. The second-order valence-corrected chi connectivity index (χ2v) is 9.56. The summed E-state index contributed by atoms with van der Waals surface area (Å²) >= 11 is 0. The lowest BCUT2D eigenvalue weighted by Crippen LogP contribution is -2.51. The fourth-order valence-electron chi connectivity index (χ4n) is 3.96. The van der Waals surface area contributed by atoms with Gasteiger partial charge < -0.3 is 9.47 Å². The summed E-state index contributed by atoms with van der Waals surface area (Å²) in [7, 11) is -3.60. The number of likely N-dealkylation sites (tertiary alicyclic amines) is 1. The molecule has 3 fully saturated rings. The zero-order valence-electron chi connectivity index (χ0n) is 16.4. The highest BCUT2D eigenvalue weighted by Crippen LogP contribution is 2.20. The standard InChI is InChI=1S/C18H31N3O6S/c22-17-2-1-3-18(23)20(17)10-15-28(24,25)21(16-4-11-26-12-5-16)7-6-19-8-13-27-14-9-19/h16H,1-15H2. The van der Waals surface area contributed by atoms with E-state index in [2.05, 4.69) is 4.90 Å². The summed E-state index contributed by atoms with van der Waals surface area (Å²) in [5.41, 5.74) is 0. The van der Waals surface area contributed by atoms with E-state index >= 15 is 0 Å². The molecule has 28 heavy (non-hydrogen) atoms. The van der Waals surface area contributed by atoms with E-state index in [1.165, 1.54) is 0 Å². The monoisotopic (exact) mass is 417 g/mol. The van der Waals surface area contributed by atoms with E-state index < -0.39 is 10.0 Å². The van der Waals surface area contributed by atoms with Gasteiger partial charge >= 0.3 is 0 Å². The van der Waals surface area contributed by atoms with Crippen LogP contribution in [0.15, 0.2) is 0 Å². The van der Waals surface area contributed by atoms with Gasteiger partial charge in [0.15, 0.2) is 0 Å². The van der Waals surface area contributed by atoms with Crippen molar-refractivity contribution in [3.8, 4) is 0 Å². The molecule has 0 aliphatic carbocycles. The highest BCUT2D eigenvalue weighted by Gasteiger charge is 2.34. The summed E-state index contributed by atoms with van der Waals surface area (Å²) in [5.74, 6) is -0.750. The molecule has 0 radical (unpaired) electrons. The number of piperidine rings is 1. The van der Waals surface area contributed by atoms with Crippen molar-refractivity contribution in [2.24, 2.45) is 0 Å².